The number of benzene rings is 2. The average molecular weight is 579 g/mol. The van der Waals surface area contributed by atoms with Crippen molar-refractivity contribution in [2.45, 2.75) is 51.7 Å². The van der Waals surface area contributed by atoms with Crippen LogP contribution >= 0.6 is 0 Å². The van der Waals surface area contributed by atoms with Crippen LogP contribution in [-0.2, 0) is 40.4 Å². The maximum Gasteiger partial charge on any atom is 0.418 e. The van der Waals surface area contributed by atoms with E-state index in [2.05, 4.69) is 5.32 Å². The lowest BCUT2D eigenvalue weighted by Crippen LogP contribution is -2.40. The minimum atomic E-state index is -4.78. The second-order valence-corrected chi connectivity index (χ2v) is 11.7. The Morgan fingerprint density at radius 3 is 2.23 bits per heavy atom. The van der Waals surface area contributed by atoms with Crippen molar-refractivity contribution in [2.24, 2.45) is 0 Å². The number of nitrogens with one attached hydrogen (secondary N) is 2. The van der Waals surface area contributed by atoms with Gasteiger partial charge in [0.25, 0.3) is 5.91 Å². The first-order valence-electron chi connectivity index (χ1n) is 12.7. The molecule has 0 spiro atoms. The average Bonchev–Trinajstić information content (AvgIpc) is 3.28. The molecule has 0 aliphatic rings. The van der Waals surface area contributed by atoms with Crippen molar-refractivity contribution in [1.29, 1.82) is 0 Å². The molecule has 1 aromatic heterocycles. The zero-order chi connectivity index (χ0) is 29.7. The van der Waals surface area contributed by atoms with Crippen LogP contribution in [0, 0.1) is 0 Å². The van der Waals surface area contributed by atoms with Gasteiger partial charge in [-0.2, -0.15) is 25.9 Å². The van der Waals surface area contributed by atoms with Crippen LogP contribution in [-0.4, -0.2) is 43.2 Å². The van der Waals surface area contributed by atoms with Gasteiger partial charge in [0.15, 0.2) is 0 Å². The molecule has 2 N–H and O–H groups in total. The molecule has 216 valence electrons. The van der Waals surface area contributed by atoms with Crippen molar-refractivity contribution in [2.75, 3.05) is 19.4 Å². The van der Waals surface area contributed by atoms with Crippen LogP contribution in [0.1, 0.15) is 59.2 Å². The first-order chi connectivity index (χ1) is 18.7. The van der Waals surface area contributed by atoms with E-state index in [4.69, 9.17) is 0 Å². The Bertz CT molecular complexity index is 1450. The van der Waals surface area contributed by atoms with Crippen LogP contribution in [0.5, 0.6) is 0 Å². The van der Waals surface area contributed by atoms with Crippen LogP contribution in [0.3, 0.4) is 0 Å². The molecule has 2 aromatic carbocycles. The molecular weight excluding hydrogens is 545 g/mol. The number of anilines is 1. The van der Waals surface area contributed by atoms with Gasteiger partial charge in [-0.15, -0.1) is 0 Å². The molecule has 12 heteroatoms. The molecule has 0 atom stereocenters. The molecule has 0 aliphatic heterocycles. The highest BCUT2D eigenvalue weighted by atomic mass is 32.2. The Morgan fingerprint density at radius 1 is 0.950 bits per heavy atom. The number of hydrogen-bond donors (Lipinski definition) is 2. The van der Waals surface area contributed by atoms with Gasteiger partial charge in [-0.3, -0.25) is 9.59 Å². The van der Waals surface area contributed by atoms with E-state index in [1.165, 1.54) is 19.7 Å². The lowest BCUT2D eigenvalue weighted by Gasteiger charge is -2.19. The molecule has 0 unspecified atom stereocenters. The molecule has 0 bridgehead atoms. The summed E-state index contributed by atoms with van der Waals surface area (Å²) in [5, 5.41) is 2.37. The maximum atomic E-state index is 13.8. The number of halogens is 3. The number of aromatic nitrogens is 1. The van der Waals surface area contributed by atoms with E-state index in [1.807, 2.05) is 48.9 Å². The lowest BCUT2D eigenvalue weighted by atomic mass is 10.1. The standard InChI is InChI=1S/C28H33F3N4O4S/c1-19(2)35-22(12-8-11-20-9-6-5-7-10-20)14-16-25(35)27(37)32-24-17-21(13-15-23(24)28(29,30)31)18-26(36)33-40(38,39)34(3)4/h5-7,9-10,13-17,19H,8,11-12,18H2,1-4H3,(H,32,37)(H,33,36). The summed E-state index contributed by atoms with van der Waals surface area (Å²) in [7, 11) is -1.62. The van der Waals surface area contributed by atoms with E-state index >= 15 is 0 Å². The summed E-state index contributed by atoms with van der Waals surface area (Å²) in [6, 6.07) is 16.1. The molecule has 8 nitrogen and oxygen atoms in total. The summed E-state index contributed by atoms with van der Waals surface area (Å²) in [4.78, 5) is 25.5. The second-order valence-electron chi connectivity index (χ2n) is 9.83. The molecule has 40 heavy (non-hydrogen) atoms. The summed E-state index contributed by atoms with van der Waals surface area (Å²) in [5.41, 5.74) is 0.765. The number of aryl methyl sites for hydroxylation is 2. The summed E-state index contributed by atoms with van der Waals surface area (Å²) < 4.78 is 69.6. The number of alkyl halides is 3. The summed E-state index contributed by atoms with van der Waals surface area (Å²) in [6.07, 6.45) is -2.94. The number of hydrogen-bond acceptors (Lipinski definition) is 4. The highest BCUT2D eigenvalue weighted by Crippen LogP contribution is 2.36. The molecule has 0 saturated carbocycles. The van der Waals surface area contributed by atoms with E-state index in [0.29, 0.717) is 6.42 Å². The molecule has 0 fully saturated rings. The fraction of sp³-hybridized carbons (Fsp3) is 0.357. The van der Waals surface area contributed by atoms with Crippen molar-refractivity contribution in [3.63, 3.8) is 0 Å². The third-order valence-electron chi connectivity index (χ3n) is 6.22. The second kappa shape index (κ2) is 12.7. The lowest BCUT2D eigenvalue weighted by molar-refractivity contribution is -0.136. The molecule has 0 saturated heterocycles. The Kier molecular flexibility index (Phi) is 9.80. The minimum Gasteiger partial charge on any atom is -0.338 e. The van der Waals surface area contributed by atoms with Crippen LogP contribution in [0.2, 0.25) is 0 Å². The Hall–Kier alpha value is -3.64. The van der Waals surface area contributed by atoms with Crippen LogP contribution < -0.4 is 10.0 Å². The van der Waals surface area contributed by atoms with Gasteiger partial charge in [-0.1, -0.05) is 36.4 Å². The SMILES string of the molecule is CC(C)n1c(CCCc2ccccc2)ccc1C(=O)Nc1cc(CC(=O)NS(=O)(=O)N(C)C)ccc1C(F)(F)F. The number of rotatable bonds is 11. The Balaban J connectivity index is 1.83. The summed E-state index contributed by atoms with van der Waals surface area (Å²) in [5.74, 6) is -1.66. The van der Waals surface area contributed by atoms with Crippen molar-refractivity contribution < 1.29 is 31.2 Å². The quantitative estimate of drug-likeness (QED) is 0.335. The number of nitrogens with zero attached hydrogens (tertiary/aromatic N) is 2. The van der Waals surface area contributed by atoms with Crippen LogP contribution in [0.4, 0.5) is 18.9 Å². The van der Waals surface area contributed by atoms with E-state index in [9.17, 15) is 31.2 Å². The normalized spacial score (nSPS) is 12.1. The van der Waals surface area contributed by atoms with E-state index < -0.39 is 45.9 Å². The Labute approximate surface area is 232 Å². The van der Waals surface area contributed by atoms with Gasteiger partial charge < -0.3 is 9.88 Å². The third-order valence-corrected chi connectivity index (χ3v) is 7.67. The fourth-order valence-corrected chi connectivity index (χ4v) is 4.84. The number of carbonyl (C=O) groups excluding carboxylic acids is 2. The maximum absolute atomic E-state index is 13.8. The summed E-state index contributed by atoms with van der Waals surface area (Å²) in [6.45, 7) is 3.78. The van der Waals surface area contributed by atoms with Gasteiger partial charge in [-0.25, -0.2) is 4.72 Å². The fourth-order valence-electron chi connectivity index (χ4n) is 4.30. The highest BCUT2D eigenvalue weighted by Gasteiger charge is 2.34. The smallest absolute Gasteiger partial charge is 0.338 e. The third kappa shape index (κ3) is 7.95. The molecule has 0 radical (unpaired) electrons. The first-order valence-corrected chi connectivity index (χ1v) is 14.1. The number of carbonyl (C=O) groups is 2. The summed E-state index contributed by atoms with van der Waals surface area (Å²) >= 11 is 0. The Morgan fingerprint density at radius 2 is 1.62 bits per heavy atom. The minimum absolute atomic E-state index is 0.0931. The molecular formula is C28H33F3N4O4S. The first kappa shape index (κ1) is 30.9. The van der Waals surface area contributed by atoms with E-state index in [0.717, 1.165) is 41.0 Å². The largest absolute Gasteiger partial charge is 0.418 e. The van der Waals surface area contributed by atoms with Gasteiger partial charge in [0, 0.05) is 25.8 Å². The van der Waals surface area contributed by atoms with Crippen molar-refractivity contribution in [3.05, 3.63) is 88.7 Å². The van der Waals surface area contributed by atoms with Crippen molar-refractivity contribution >= 4 is 27.7 Å². The van der Waals surface area contributed by atoms with E-state index in [1.54, 1.807) is 16.7 Å². The molecule has 3 rings (SSSR count). The van der Waals surface area contributed by atoms with Crippen molar-refractivity contribution in [3.8, 4) is 0 Å². The molecule has 3 aromatic rings. The highest BCUT2D eigenvalue weighted by molar-refractivity contribution is 7.87. The van der Waals surface area contributed by atoms with Gasteiger partial charge in [0.2, 0.25) is 5.91 Å². The van der Waals surface area contributed by atoms with Gasteiger partial charge >= 0.3 is 16.4 Å². The van der Waals surface area contributed by atoms with Crippen LogP contribution in [0.25, 0.3) is 0 Å². The van der Waals surface area contributed by atoms with Crippen molar-refractivity contribution in [1.82, 2.24) is 13.6 Å². The topological polar surface area (TPSA) is 101 Å². The van der Waals surface area contributed by atoms with Crippen LogP contribution in [0.15, 0.2) is 60.7 Å². The number of amides is 2. The molecule has 2 amide bonds. The predicted molar refractivity (Wildman–Crippen MR) is 147 cm³/mol. The predicted octanol–water partition coefficient (Wildman–Crippen LogP) is 4.98. The zero-order valence-electron chi connectivity index (χ0n) is 22.7. The van der Waals surface area contributed by atoms with Gasteiger partial charge in [0.05, 0.1) is 17.7 Å². The molecule has 0 aliphatic carbocycles. The van der Waals surface area contributed by atoms with E-state index in [-0.39, 0.29) is 17.3 Å². The monoisotopic (exact) mass is 578 g/mol. The molecule has 1 heterocycles. The van der Waals surface area contributed by atoms with Gasteiger partial charge in [0.1, 0.15) is 5.69 Å². The van der Waals surface area contributed by atoms with Gasteiger partial charge in [-0.05, 0) is 68.5 Å². The zero-order valence-corrected chi connectivity index (χ0v) is 23.6.